The van der Waals surface area contributed by atoms with Crippen molar-refractivity contribution in [1.29, 1.82) is 0 Å². The minimum atomic E-state index is -0.183. The standard InChI is InChI=1S/C15H21FO2/c1-3-4-12-6-5-11(10-18-12)14-8-7-13(17-2)9-15(14)16/h7-9,11-12H,3-6,10H2,1-2H3. The van der Waals surface area contributed by atoms with Gasteiger partial charge < -0.3 is 9.47 Å². The SMILES string of the molecule is CCCC1CCC(c2ccc(OC)cc2F)CO1. The first kappa shape index (κ1) is 13.3. The Labute approximate surface area is 108 Å². The Morgan fingerprint density at radius 1 is 1.39 bits per heavy atom. The van der Waals surface area contributed by atoms with Crippen LogP contribution < -0.4 is 4.74 Å². The van der Waals surface area contributed by atoms with Crippen molar-refractivity contribution < 1.29 is 13.9 Å². The van der Waals surface area contributed by atoms with Crippen LogP contribution in [0, 0.1) is 5.82 Å². The van der Waals surface area contributed by atoms with Crippen LogP contribution in [0.4, 0.5) is 4.39 Å². The predicted molar refractivity (Wildman–Crippen MR) is 69.6 cm³/mol. The molecular formula is C15H21FO2. The monoisotopic (exact) mass is 252 g/mol. The molecule has 0 saturated carbocycles. The number of benzene rings is 1. The number of rotatable bonds is 4. The maximum atomic E-state index is 13.9. The fraction of sp³-hybridized carbons (Fsp3) is 0.600. The van der Waals surface area contributed by atoms with E-state index in [4.69, 9.17) is 9.47 Å². The van der Waals surface area contributed by atoms with Gasteiger partial charge in [-0.25, -0.2) is 4.39 Å². The molecule has 1 heterocycles. The Morgan fingerprint density at radius 3 is 2.78 bits per heavy atom. The summed E-state index contributed by atoms with van der Waals surface area (Å²) >= 11 is 0. The number of hydrogen-bond donors (Lipinski definition) is 0. The molecule has 0 spiro atoms. The summed E-state index contributed by atoms with van der Waals surface area (Å²) in [6.07, 6.45) is 4.66. The highest BCUT2D eigenvalue weighted by Gasteiger charge is 2.24. The molecule has 1 saturated heterocycles. The summed E-state index contributed by atoms with van der Waals surface area (Å²) in [7, 11) is 1.55. The molecule has 0 amide bonds. The minimum absolute atomic E-state index is 0.183. The second-order valence-corrected chi connectivity index (χ2v) is 4.91. The molecule has 100 valence electrons. The van der Waals surface area contributed by atoms with Gasteiger partial charge in [0.05, 0.1) is 19.8 Å². The van der Waals surface area contributed by atoms with Crippen molar-refractivity contribution in [3.63, 3.8) is 0 Å². The topological polar surface area (TPSA) is 18.5 Å². The van der Waals surface area contributed by atoms with Gasteiger partial charge in [0.15, 0.2) is 0 Å². The summed E-state index contributed by atoms with van der Waals surface area (Å²) in [6, 6.07) is 5.09. The minimum Gasteiger partial charge on any atom is -0.497 e. The Balaban J connectivity index is 2.01. The maximum absolute atomic E-state index is 13.9. The number of hydrogen-bond acceptors (Lipinski definition) is 2. The first-order chi connectivity index (χ1) is 8.74. The van der Waals surface area contributed by atoms with E-state index in [9.17, 15) is 4.39 Å². The average Bonchev–Trinajstić information content (AvgIpc) is 2.40. The molecule has 2 nitrogen and oxygen atoms in total. The summed E-state index contributed by atoms with van der Waals surface area (Å²) in [5.74, 6) is 0.567. The molecule has 1 aromatic carbocycles. The summed E-state index contributed by atoms with van der Waals surface area (Å²) < 4.78 is 24.7. The zero-order chi connectivity index (χ0) is 13.0. The maximum Gasteiger partial charge on any atom is 0.130 e. The summed E-state index contributed by atoms with van der Waals surface area (Å²) in [6.45, 7) is 2.80. The lowest BCUT2D eigenvalue weighted by Crippen LogP contribution is -2.25. The van der Waals surface area contributed by atoms with E-state index in [1.54, 1.807) is 7.11 Å². The van der Waals surface area contributed by atoms with Crippen LogP contribution in [-0.2, 0) is 4.74 Å². The van der Waals surface area contributed by atoms with Crippen LogP contribution in [-0.4, -0.2) is 19.8 Å². The third kappa shape index (κ3) is 3.02. The third-order valence-corrected chi connectivity index (χ3v) is 3.63. The zero-order valence-electron chi connectivity index (χ0n) is 11.1. The van der Waals surface area contributed by atoms with Gasteiger partial charge in [-0.3, -0.25) is 0 Å². The van der Waals surface area contributed by atoms with Crippen molar-refractivity contribution in [2.45, 2.75) is 44.6 Å². The van der Waals surface area contributed by atoms with E-state index in [0.717, 1.165) is 31.2 Å². The molecular weight excluding hydrogens is 231 g/mol. The molecule has 1 aromatic rings. The van der Waals surface area contributed by atoms with Gasteiger partial charge in [0.2, 0.25) is 0 Å². The molecule has 1 fully saturated rings. The van der Waals surface area contributed by atoms with E-state index in [1.165, 1.54) is 6.07 Å². The molecule has 2 unspecified atom stereocenters. The summed E-state index contributed by atoms with van der Waals surface area (Å²) in [5, 5.41) is 0. The summed E-state index contributed by atoms with van der Waals surface area (Å²) in [5.41, 5.74) is 0.755. The molecule has 18 heavy (non-hydrogen) atoms. The van der Waals surface area contributed by atoms with Crippen LogP contribution in [0.1, 0.15) is 44.1 Å². The fourth-order valence-corrected chi connectivity index (χ4v) is 2.57. The van der Waals surface area contributed by atoms with Gasteiger partial charge in [-0.2, -0.15) is 0 Å². The fourth-order valence-electron chi connectivity index (χ4n) is 2.57. The predicted octanol–water partition coefficient (Wildman–Crippen LogP) is 3.90. The van der Waals surface area contributed by atoms with Crippen molar-refractivity contribution in [2.75, 3.05) is 13.7 Å². The van der Waals surface area contributed by atoms with E-state index in [-0.39, 0.29) is 11.7 Å². The van der Waals surface area contributed by atoms with Gasteiger partial charge in [-0.15, -0.1) is 0 Å². The van der Waals surface area contributed by atoms with Crippen molar-refractivity contribution >= 4 is 0 Å². The van der Waals surface area contributed by atoms with Gasteiger partial charge in [-0.1, -0.05) is 19.4 Å². The smallest absolute Gasteiger partial charge is 0.130 e. The number of methoxy groups -OCH3 is 1. The van der Waals surface area contributed by atoms with Gasteiger partial charge >= 0.3 is 0 Å². The molecule has 0 bridgehead atoms. The van der Waals surface area contributed by atoms with E-state index < -0.39 is 0 Å². The van der Waals surface area contributed by atoms with Crippen LogP contribution in [0.25, 0.3) is 0 Å². The van der Waals surface area contributed by atoms with E-state index >= 15 is 0 Å². The average molecular weight is 252 g/mol. The second-order valence-electron chi connectivity index (χ2n) is 4.91. The van der Waals surface area contributed by atoms with Crippen LogP contribution in [0.2, 0.25) is 0 Å². The Morgan fingerprint density at radius 2 is 2.22 bits per heavy atom. The van der Waals surface area contributed by atoms with Gasteiger partial charge in [-0.05, 0) is 30.9 Å². The normalized spacial score (nSPS) is 23.9. The lowest BCUT2D eigenvalue weighted by Gasteiger charge is -2.29. The Hall–Kier alpha value is -1.09. The van der Waals surface area contributed by atoms with Crippen LogP contribution >= 0.6 is 0 Å². The Bertz CT molecular complexity index is 384. The Kier molecular flexibility index (Phi) is 4.59. The molecule has 2 rings (SSSR count). The number of ether oxygens (including phenoxy) is 2. The van der Waals surface area contributed by atoms with Crippen molar-refractivity contribution in [1.82, 2.24) is 0 Å². The highest BCUT2D eigenvalue weighted by Crippen LogP contribution is 2.32. The zero-order valence-corrected chi connectivity index (χ0v) is 11.1. The number of halogens is 1. The van der Waals surface area contributed by atoms with Crippen LogP contribution in [0.5, 0.6) is 5.75 Å². The van der Waals surface area contributed by atoms with Crippen molar-refractivity contribution in [3.05, 3.63) is 29.6 Å². The van der Waals surface area contributed by atoms with Crippen molar-refractivity contribution in [2.24, 2.45) is 0 Å². The molecule has 0 aromatic heterocycles. The molecule has 3 heteroatoms. The third-order valence-electron chi connectivity index (χ3n) is 3.63. The molecule has 1 aliphatic heterocycles. The lowest BCUT2D eigenvalue weighted by atomic mass is 9.90. The second kappa shape index (κ2) is 6.19. The van der Waals surface area contributed by atoms with Gasteiger partial charge in [0, 0.05) is 12.0 Å². The van der Waals surface area contributed by atoms with Crippen LogP contribution in [0.15, 0.2) is 18.2 Å². The van der Waals surface area contributed by atoms with E-state index in [0.29, 0.717) is 18.5 Å². The van der Waals surface area contributed by atoms with Gasteiger partial charge in [0.25, 0.3) is 0 Å². The first-order valence-electron chi connectivity index (χ1n) is 6.69. The van der Waals surface area contributed by atoms with Crippen LogP contribution in [0.3, 0.4) is 0 Å². The van der Waals surface area contributed by atoms with E-state index in [2.05, 4.69) is 6.92 Å². The highest BCUT2D eigenvalue weighted by atomic mass is 19.1. The lowest BCUT2D eigenvalue weighted by molar-refractivity contribution is -0.00173. The molecule has 0 radical (unpaired) electrons. The first-order valence-corrected chi connectivity index (χ1v) is 6.69. The largest absolute Gasteiger partial charge is 0.497 e. The van der Waals surface area contributed by atoms with E-state index in [1.807, 2.05) is 12.1 Å². The molecule has 2 atom stereocenters. The molecule has 0 N–H and O–H groups in total. The summed E-state index contributed by atoms with van der Waals surface area (Å²) in [4.78, 5) is 0. The molecule has 0 aliphatic carbocycles. The highest BCUT2D eigenvalue weighted by molar-refractivity contribution is 5.31. The quantitative estimate of drug-likeness (QED) is 0.809. The molecule has 1 aliphatic rings. The van der Waals surface area contributed by atoms with Crippen molar-refractivity contribution in [3.8, 4) is 5.75 Å². The van der Waals surface area contributed by atoms with Gasteiger partial charge in [0.1, 0.15) is 11.6 Å².